The number of hydrogen-bond donors (Lipinski definition) is 6. The van der Waals surface area contributed by atoms with Crippen LogP contribution >= 0.6 is 23.4 Å². The number of nitrogens with one attached hydrogen (secondary N) is 4. The Morgan fingerprint density at radius 2 is 1.67 bits per heavy atom. The molecule has 0 bridgehead atoms. The molecule has 2 aliphatic rings. The lowest BCUT2D eigenvalue weighted by Gasteiger charge is -2.31. The molecule has 4 heterocycles. The molecular formula is C48H59ClN8O3S. The number of hydrogen-bond acceptors (Lipinski definition) is 9. The Labute approximate surface area is 368 Å². The summed E-state index contributed by atoms with van der Waals surface area (Å²) in [4.78, 5) is 54.4. The number of benzene rings is 3. The number of aromatic amines is 1. The molecule has 61 heavy (non-hydrogen) atoms. The quantitative estimate of drug-likeness (QED) is 0.0759. The van der Waals surface area contributed by atoms with Crippen LogP contribution in [0.2, 0.25) is 5.02 Å². The molecule has 2 aromatic heterocycles. The van der Waals surface area contributed by atoms with Crippen molar-refractivity contribution in [3.8, 4) is 11.1 Å². The highest BCUT2D eigenvalue weighted by atomic mass is 35.5. The highest BCUT2D eigenvalue weighted by molar-refractivity contribution is 7.99. The Bertz CT molecular complexity index is 2280. The number of nitrogens with zero attached hydrogens (tertiary/aromatic N) is 2. The zero-order chi connectivity index (χ0) is 42.7. The first-order valence-corrected chi connectivity index (χ1v) is 22.9. The normalized spacial score (nSPS) is 20.0. The molecule has 0 aliphatic carbocycles. The highest BCUT2D eigenvalue weighted by Crippen LogP contribution is 2.42. The number of ketones is 1. The molecule has 1 saturated heterocycles. The second-order valence-corrected chi connectivity index (χ2v) is 17.8. The van der Waals surface area contributed by atoms with Crippen molar-refractivity contribution < 1.29 is 14.4 Å². The Morgan fingerprint density at radius 1 is 0.885 bits per heavy atom. The summed E-state index contributed by atoms with van der Waals surface area (Å²) < 4.78 is 0. The SMILES string of the molecule is CN1C(=O)[C@H](CCCCN)CC(=O)[C@H](CCCN)NCc2cccnc2Sc2c(Cl)ccc(-c3ccc(C4CCNCC4)cc3)c2CNC(=O)[C@@H]1Cc1c[nH]c2ccccc12. The standard InChI is InChI=1S/C48H59ClN8O3S/c1-57-43(26-36-29-54-41-11-3-2-10-38(36)41)46(59)56-30-39-37(33-15-13-31(14-16-33)32-19-24-52-25-20-32)17-18-40(49)45(39)61-47-35(9-7-23-53-47)28-55-42(12-6-22-51)44(58)27-34(48(57)60)8-4-5-21-50/h2-3,7,9-11,13-18,23,29,32,34,42-43,52,54-55H,4-6,8,12,19-22,24-28,30,50-51H2,1H3,(H,56,59)/t34-,42+,43+/m1/s1. The van der Waals surface area contributed by atoms with Gasteiger partial charge in [-0.15, -0.1) is 0 Å². The second kappa shape index (κ2) is 21.5. The number of H-pyrrole nitrogens is 1. The van der Waals surface area contributed by atoms with E-state index in [2.05, 4.69) is 45.2 Å². The molecule has 0 spiro atoms. The van der Waals surface area contributed by atoms with Crippen LogP contribution in [0, 0.1) is 5.92 Å². The largest absolute Gasteiger partial charge is 0.361 e. The number of fused-ring (bicyclic) bond motifs is 3. The fraction of sp³-hybridized carbons (Fsp3) is 0.417. The van der Waals surface area contributed by atoms with E-state index in [1.165, 1.54) is 17.3 Å². The first-order chi connectivity index (χ1) is 29.7. The Balaban J connectivity index is 1.32. The van der Waals surface area contributed by atoms with Crippen molar-refractivity contribution >= 4 is 51.9 Å². The van der Waals surface area contributed by atoms with Crippen molar-refractivity contribution in [2.75, 3.05) is 33.2 Å². The summed E-state index contributed by atoms with van der Waals surface area (Å²) in [7, 11) is 1.69. The van der Waals surface area contributed by atoms with E-state index in [4.69, 9.17) is 28.1 Å². The molecule has 0 radical (unpaired) electrons. The van der Waals surface area contributed by atoms with Gasteiger partial charge in [0.2, 0.25) is 11.8 Å². The molecule has 0 saturated carbocycles. The summed E-state index contributed by atoms with van der Waals surface area (Å²) in [6.45, 7) is 3.47. The molecule has 11 nitrogen and oxygen atoms in total. The van der Waals surface area contributed by atoms with Crippen LogP contribution in [0.4, 0.5) is 0 Å². The third kappa shape index (κ3) is 10.9. The van der Waals surface area contributed by atoms with Crippen molar-refractivity contribution in [2.24, 2.45) is 17.4 Å². The number of carbonyl (C=O) groups is 3. The van der Waals surface area contributed by atoms with Crippen LogP contribution in [-0.2, 0) is 33.9 Å². The first kappa shape index (κ1) is 44.5. The maximum atomic E-state index is 14.9. The molecule has 3 aromatic carbocycles. The van der Waals surface area contributed by atoms with Gasteiger partial charge in [0.1, 0.15) is 11.1 Å². The lowest BCUT2D eigenvalue weighted by Crippen LogP contribution is -2.51. The minimum Gasteiger partial charge on any atom is -0.361 e. The third-order valence-corrected chi connectivity index (χ3v) is 14.0. The summed E-state index contributed by atoms with van der Waals surface area (Å²) >= 11 is 8.59. The molecular weight excluding hydrogens is 804 g/mol. The van der Waals surface area contributed by atoms with Gasteiger partial charge in [-0.25, -0.2) is 4.98 Å². The van der Waals surface area contributed by atoms with Gasteiger partial charge in [-0.2, -0.15) is 0 Å². The monoisotopic (exact) mass is 862 g/mol. The van der Waals surface area contributed by atoms with E-state index in [1.807, 2.05) is 54.7 Å². The van der Waals surface area contributed by atoms with Crippen molar-refractivity contribution in [3.05, 3.63) is 112 Å². The van der Waals surface area contributed by atoms with Crippen LogP contribution in [0.25, 0.3) is 22.0 Å². The van der Waals surface area contributed by atoms with Gasteiger partial charge >= 0.3 is 0 Å². The van der Waals surface area contributed by atoms with Gasteiger partial charge in [0.25, 0.3) is 0 Å². The number of likely N-dealkylation sites (N-methyl/N-ethyl adjacent to an activating group) is 1. The zero-order valence-electron chi connectivity index (χ0n) is 35.1. The Morgan fingerprint density at radius 3 is 2.46 bits per heavy atom. The fourth-order valence-corrected chi connectivity index (χ4v) is 10.1. The predicted octanol–water partition coefficient (Wildman–Crippen LogP) is 7.10. The summed E-state index contributed by atoms with van der Waals surface area (Å²) in [5.41, 5.74) is 18.8. The molecule has 5 aromatic rings. The van der Waals surface area contributed by atoms with Gasteiger partial charge in [0, 0.05) is 67.1 Å². The summed E-state index contributed by atoms with van der Waals surface area (Å²) in [6, 6.07) is 23.1. The highest BCUT2D eigenvalue weighted by Gasteiger charge is 2.35. The van der Waals surface area contributed by atoms with E-state index >= 15 is 0 Å². The summed E-state index contributed by atoms with van der Waals surface area (Å²) in [5, 5.41) is 12.5. The number of Topliss-reactive ketones (excluding diaryl/α,β-unsaturated/α-hetero) is 1. The number of para-hydroxylation sites is 1. The number of aromatic nitrogens is 2. The fourth-order valence-electron chi connectivity index (χ4n) is 8.81. The molecule has 2 aliphatic heterocycles. The van der Waals surface area contributed by atoms with Gasteiger partial charge < -0.3 is 37.3 Å². The number of amides is 2. The first-order valence-electron chi connectivity index (χ1n) is 21.8. The number of nitrogens with two attached hydrogens (primary N) is 2. The van der Waals surface area contributed by atoms with Crippen molar-refractivity contribution in [3.63, 3.8) is 0 Å². The van der Waals surface area contributed by atoms with E-state index in [1.54, 1.807) is 18.1 Å². The van der Waals surface area contributed by atoms with Crippen LogP contribution in [0.1, 0.15) is 79.5 Å². The molecule has 8 N–H and O–H groups in total. The van der Waals surface area contributed by atoms with Gasteiger partial charge in [0.15, 0.2) is 5.78 Å². The van der Waals surface area contributed by atoms with Gasteiger partial charge in [-0.05, 0) is 122 Å². The third-order valence-electron chi connectivity index (χ3n) is 12.4. The van der Waals surface area contributed by atoms with Gasteiger partial charge in [-0.3, -0.25) is 14.4 Å². The van der Waals surface area contributed by atoms with Crippen molar-refractivity contribution in [1.82, 2.24) is 30.8 Å². The van der Waals surface area contributed by atoms with E-state index in [0.717, 1.165) is 81.0 Å². The van der Waals surface area contributed by atoms with Crippen LogP contribution in [-0.4, -0.2) is 77.8 Å². The smallest absolute Gasteiger partial charge is 0.243 e. The minimum atomic E-state index is -0.883. The number of pyridine rings is 1. The Hall–Kier alpha value is -4.56. The lowest BCUT2D eigenvalue weighted by atomic mass is 9.89. The Kier molecular flexibility index (Phi) is 15.7. The van der Waals surface area contributed by atoms with E-state index in [9.17, 15) is 14.4 Å². The van der Waals surface area contributed by atoms with Gasteiger partial charge in [-0.1, -0.05) is 84.4 Å². The molecule has 7 rings (SSSR count). The second-order valence-electron chi connectivity index (χ2n) is 16.4. The van der Waals surface area contributed by atoms with E-state index in [-0.39, 0.29) is 37.0 Å². The zero-order valence-corrected chi connectivity index (χ0v) is 36.6. The molecule has 13 heteroatoms. The van der Waals surface area contributed by atoms with Crippen LogP contribution in [0.5, 0.6) is 0 Å². The van der Waals surface area contributed by atoms with E-state index in [0.29, 0.717) is 56.3 Å². The predicted molar refractivity (Wildman–Crippen MR) is 245 cm³/mol. The number of carbonyl (C=O) groups excluding carboxylic acids is 3. The van der Waals surface area contributed by atoms with Crippen molar-refractivity contribution in [2.45, 2.75) is 98.8 Å². The van der Waals surface area contributed by atoms with Crippen LogP contribution in [0.15, 0.2) is 95.1 Å². The van der Waals surface area contributed by atoms with Crippen molar-refractivity contribution in [1.29, 1.82) is 0 Å². The average molecular weight is 864 g/mol. The number of piperidine rings is 1. The topological polar surface area (TPSA) is 171 Å². The summed E-state index contributed by atoms with van der Waals surface area (Å²) in [6.07, 6.45) is 9.23. The number of unbranched alkanes of at least 4 members (excludes halogenated alkanes) is 1. The molecule has 322 valence electrons. The average Bonchev–Trinajstić information content (AvgIpc) is 3.70. The number of halogens is 1. The maximum Gasteiger partial charge on any atom is 0.243 e. The number of rotatable bonds is 11. The van der Waals surface area contributed by atoms with Gasteiger partial charge in [0.05, 0.1) is 11.1 Å². The molecule has 2 amide bonds. The van der Waals surface area contributed by atoms with E-state index < -0.39 is 18.0 Å². The van der Waals surface area contributed by atoms with Crippen LogP contribution in [0.3, 0.4) is 0 Å². The molecule has 3 atom stereocenters. The lowest BCUT2D eigenvalue weighted by molar-refractivity contribution is -0.143. The summed E-state index contributed by atoms with van der Waals surface area (Å²) in [5.74, 6) is -0.727. The maximum absolute atomic E-state index is 14.9. The minimum absolute atomic E-state index is 0.0346. The molecule has 0 unspecified atom stereocenters. The van der Waals surface area contributed by atoms with Crippen LogP contribution < -0.4 is 27.4 Å². The molecule has 1 fully saturated rings.